The van der Waals surface area contributed by atoms with Crippen molar-refractivity contribution in [3.05, 3.63) is 71.3 Å². The number of aromatic amines is 1. The second kappa shape index (κ2) is 7.17. The van der Waals surface area contributed by atoms with Crippen LogP contribution >= 0.6 is 0 Å². The van der Waals surface area contributed by atoms with Gasteiger partial charge in [-0.1, -0.05) is 18.2 Å². The highest BCUT2D eigenvalue weighted by Crippen LogP contribution is 2.22. The molecule has 1 aromatic heterocycles. The standard InChI is InChI=1S/C18H19FN4O2S/c1-12-18(13(2)22-21-12)26(24,25)23-16-9-7-15(8-10-16)20-11-14-5-3-4-6-17(14)19/h3-10,20,23H,11H2,1-2H3,(H,21,22). The molecule has 2 aromatic carbocycles. The quantitative estimate of drug-likeness (QED) is 0.615. The number of H-pyrrole nitrogens is 1. The summed E-state index contributed by atoms with van der Waals surface area (Å²) >= 11 is 0. The summed E-state index contributed by atoms with van der Waals surface area (Å²) in [6.07, 6.45) is 0. The van der Waals surface area contributed by atoms with Crippen molar-refractivity contribution in [2.75, 3.05) is 10.0 Å². The Morgan fingerprint density at radius 1 is 1.04 bits per heavy atom. The molecule has 136 valence electrons. The zero-order valence-corrected chi connectivity index (χ0v) is 15.2. The molecule has 26 heavy (non-hydrogen) atoms. The van der Waals surface area contributed by atoms with E-state index in [0.29, 0.717) is 29.2 Å². The molecule has 0 radical (unpaired) electrons. The topological polar surface area (TPSA) is 86.9 Å². The Balaban J connectivity index is 1.69. The largest absolute Gasteiger partial charge is 0.381 e. The van der Waals surface area contributed by atoms with Crippen molar-refractivity contribution < 1.29 is 12.8 Å². The van der Waals surface area contributed by atoms with Crippen LogP contribution in [0.2, 0.25) is 0 Å². The monoisotopic (exact) mass is 374 g/mol. The van der Waals surface area contributed by atoms with E-state index < -0.39 is 10.0 Å². The number of hydrogen-bond donors (Lipinski definition) is 3. The molecule has 0 fully saturated rings. The Bertz CT molecular complexity index is 994. The van der Waals surface area contributed by atoms with E-state index in [4.69, 9.17) is 0 Å². The minimum absolute atomic E-state index is 0.152. The van der Waals surface area contributed by atoms with Gasteiger partial charge in [-0.25, -0.2) is 12.8 Å². The van der Waals surface area contributed by atoms with Crippen molar-refractivity contribution in [3.8, 4) is 0 Å². The lowest BCUT2D eigenvalue weighted by atomic mass is 10.2. The smallest absolute Gasteiger partial charge is 0.265 e. The van der Waals surface area contributed by atoms with Gasteiger partial charge in [0.1, 0.15) is 10.7 Å². The van der Waals surface area contributed by atoms with Crippen molar-refractivity contribution in [3.63, 3.8) is 0 Å². The van der Waals surface area contributed by atoms with Crippen molar-refractivity contribution in [1.29, 1.82) is 0 Å². The number of nitrogens with one attached hydrogen (secondary N) is 3. The second-order valence-electron chi connectivity index (χ2n) is 5.89. The molecule has 0 amide bonds. The summed E-state index contributed by atoms with van der Waals surface area (Å²) < 4.78 is 41.2. The molecule has 0 saturated heterocycles. The molecule has 3 rings (SSSR count). The zero-order chi connectivity index (χ0) is 18.7. The molecule has 3 N–H and O–H groups in total. The van der Waals surface area contributed by atoms with Gasteiger partial charge >= 0.3 is 0 Å². The van der Waals surface area contributed by atoms with E-state index >= 15 is 0 Å². The number of anilines is 2. The summed E-state index contributed by atoms with van der Waals surface area (Å²) in [5.41, 5.74) is 2.65. The molecule has 0 saturated carbocycles. The number of rotatable bonds is 6. The van der Waals surface area contributed by atoms with Crippen LogP contribution in [0.25, 0.3) is 0 Å². The van der Waals surface area contributed by atoms with Crippen molar-refractivity contribution in [2.45, 2.75) is 25.3 Å². The van der Waals surface area contributed by atoms with Gasteiger partial charge in [0.25, 0.3) is 10.0 Å². The third-order valence-electron chi connectivity index (χ3n) is 3.91. The summed E-state index contributed by atoms with van der Waals surface area (Å²) in [5, 5.41) is 9.68. The zero-order valence-electron chi connectivity index (χ0n) is 14.4. The van der Waals surface area contributed by atoms with Gasteiger partial charge < -0.3 is 5.32 Å². The number of nitrogens with zero attached hydrogens (tertiary/aromatic N) is 1. The van der Waals surface area contributed by atoms with Gasteiger partial charge in [-0.2, -0.15) is 5.10 Å². The van der Waals surface area contributed by atoms with Crippen LogP contribution in [0.1, 0.15) is 17.0 Å². The van der Waals surface area contributed by atoms with Gasteiger partial charge in [0, 0.05) is 23.5 Å². The summed E-state index contributed by atoms with van der Waals surface area (Å²) in [5.74, 6) is -0.268. The third kappa shape index (κ3) is 3.85. The lowest BCUT2D eigenvalue weighted by Crippen LogP contribution is -2.14. The SMILES string of the molecule is Cc1n[nH]c(C)c1S(=O)(=O)Nc1ccc(NCc2ccccc2F)cc1. The van der Waals surface area contributed by atoms with E-state index in [1.165, 1.54) is 6.07 Å². The van der Waals surface area contributed by atoms with Crippen LogP contribution in [0.4, 0.5) is 15.8 Å². The fourth-order valence-corrected chi connectivity index (χ4v) is 4.07. The lowest BCUT2D eigenvalue weighted by Gasteiger charge is -2.10. The normalized spacial score (nSPS) is 11.3. The maximum atomic E-state index is 13.6. The van der Waals surface area contributed by atoms with Gasteiger partial charge in [-0.05, 0) is 44.2 Å². The van der Waals surface area contributed by atoms with Crippen molar-refractivity contribution >= 4 is 21.4 Å². The van der Waals surface area contributed by atoms with Crippen LogP contribution in [-0.2, 0) is 16.6 Å². The Kier molecular flexibility index (Phi) is 4.94. The number of aryl methyl sites for hydroxylation is 2. The number of aromatic nitrogens is 2. The minimum atomic E-state index is -3.72. The minimum Gasteiger partial charge on any atom is -0.381 e. The maximum Gasteiger partial charge on any atom is 0.265 e. The number of benzene rings is 2. The first-order valence-electron chi connectivity index (χ1n) is 7.98. The van der Waals surface area contributed by atoms with Gasteiger partial charge in [0.15, 0.2) is 0 Å². The summed E-state index contributed by atoms with van der Waals surface area (Å²) in [7, 11) is -3.72. The van der Waals surface area contributed by atoms with Gasteiger partial charge in [0.05, 0.1) is 11.4 Å². The van der Waals surface area contributed by atoms with Crippen LogP contribution in [0, 0.1) is 19.7 Å². The first-order valence-corrected chi connectivity index (χ1v) is 9.47. The molecular formula is C18H19FN4O2S. The van der Waals surface area contributed by atoms with E-state index in [-0.39, 0.29) is 10.7 Å². The highest BCUT2D eigenvalue weighted by molar-refractivity contribution is 7.92. The Labute approximate surface area is 151 Å². The first kappa shape index (κ1) is 17.9. The van der Waals surface area contributed by atoms with Crippen LogP contribution < -0.4 is 10.0 Å². The molecule has 0 aliphatic rings. The van der Waals surface area contributed by atoms with Gasteiger partial charge in [-0.3, -0.25) is 9.82 Å². The Morgan fingerprint density at radius 2 is 1.69 bits per heavy atom. The Hall–Kier alpha value is -2.87. The van der Waals surface area contributed by atoms with E-state index in [2.05, 4.69) is 20.2 Å². The number of halogens is 1. The lowest BCUT2D eigenvalue weighted by molar-refractivity contribution is 0.600. The van der Waals surface area contributed by atoms with Crippen LogP contribution in [0.5, 0.6) is 0 Å². The van der Waals surface area contributed by atoms with Gasteiger partial charge in [0.2, 0.25) is 0 Å². The second-order valence-corrected chi connectivity index (χ2v) is 7.51. The van der Waals surface area contributed by atoms with E-state index in [9.17, 15) is 12.8 Å². The average molecular weight is 374 g/mol. The van der Waals surface area contributed by atoms with E-state index in [1.807, 2.05) is 0 Å². The van der Waals surface area contributed by atoms with Crippen molar-refractivity contribution in [1.82, 2.24) is 10.2 Å². The van der Waals surface area contributed by atoms with E-state index in [1.54, 1.807) is 56.3 Å². The van der Waals surface area contributed by atoms with Crippen LogP contribution in [0.3, 0.4) is 0 Å². The first-order chi connectivity index (χ1) is 12.4. The molecule has 1 heterocycles. The van der Waals surface area contributed by atoms with Gasteiger partial charge in [-0.15, -0.1) is 0 Å². The number of sulfonamides is 1. The maximum absolute atomic E-state index is 13.6. The fourth-order valence-electron chi connectivity index (χ4n) is 2.64. The molecule has 6 nitrogen and oxygen atoms in total. The highest BCUT2D eigenvalue weighted by Gasteiger charge is 2.22. The van der Waals surface area contributed by atoms with Crippen LogP contribution in [-0.4, -0.2) is 18.6 Å². The molecular weight excluding hydrogens is 355 g/mol. The summed E-state index contributed by atoms with van der Waals surface area (Å²) in [4.78, 5) is 0.152. The molecule has 8 heteroatoms. The van der Waals surface area contributed by atoms with Crippen molar-refractivity contribution in [2.24, 2.45) is 0 Å². The molecule has 0 aliphatic carbocycles. The third-order valence-corrected chi connectivity index (χ3v) is 5.55. The molecule has 3 aromatic rings. The molecule has 0 spiro atoms. The molecule has 0 bridgehead atoms. The predicted octanol–water partition coefficient (Wildman–Crippen LogP) is 3.58. The molecule has 0 aliphatic heterocycles. The average Bonchev–Trinajstić information content (AvgIpc) is 2.94. The highest BCUT2D eigenvalue weighted by atomic mass is 32.2. The van der Waals surface area contributed by atoms with Crippen LogP contribution in [0.15, 0.2) is 53.4 Å². The molecule has 0 atom stereocenters. The fraction of sp³-hybridized carbons (Fsp3) is 0.167. The predicted molar refractivity (Wildman–Crippen MR) is 99.0 cm³/mol. The summed E-state index contributed by atoms with van der Waals surface area (Å²) in [6.45, 7) is 3.63. The van der Waals surface area contributed by atoms with E-state index in [0.717, 1.165) is 5.69 Å². The Morgan fingerprint density at radius 3 is 2.31 bits per heavy atom. The number of hydrogen-bond acceptors (Lipinski definition) is 4. The summed E-state index contributed by atoms with van der Waals surface area (Å²) in [6, 6.07) is 13.3. The molecule has 0 unspecified atom stereocenters.